The highest BCUT2D eigenvalue weighted by molar-refractivity contribution is 7.53. The lowest BCUT2D eigenvalue weighted by Crippen LogP contribution is -2.16. The summed E-state index contributed by atoms with van der Waals surface area (Å²) < 4.78 is 40.1. The number of alkyl halides is 2. The number of nitrogen functional groups attached to an aromatic ring is 1. The minimum Gasteiger partial charge on any atom is -0.369 e. The molecule has 12 nitrogen and oxygen atoms in total. The van der Waals surface area contributed by atoms with Crippen molar-refractivity contribution in [2.45, 2.75) is 38.0 Å². The first-order valence-electron chi connectivity index (χ1n) is 8.10. The van der Waals surface area contributed by atoms with E-state index in [0.29, 0.717) is 5.69 Å². The van der Waals surface area contributed by atoms with Gasteiger partial charge in [-0.1, -0.05) is 5.21 Å². The number of aryl methyl sites for hydroxylation is 1. The summed E-state index contributed by atoms with van der Waals surface area (Å²) in [6.45, 7) is 0.461. The molecule has 0 aliphatic heterocycles. The number of aromatic amines is 1. The summed E-state index contributed by atoms with van der Waals surface area (Å²) in [5, 5.41) is 7.83. The summed E-state index contributed by atoms with van der Waals surface area (Å²) in [4.78, 5) is 39.3. The van der Waals surface area contributed by atoms with Crippen molar-refractivity contribution in [2.24, 2.45) is 0 Å². The van der Waals surface area contributed by atoms with Crippen molar-refractivity contribution in [3.05, 3.63) is 28.6 Å². The minimum absolute atomic E-state index is 0.0463. The van der Waals surface area contributed by atoms with Crippen molar-refractivity contribution in [2.75, 3.05) is 5.73 Å². The normalized spacial score (nSPS) is 12.7. The van der Waals surface area contributed by atoms with Gasteiger partial charge in [0.1, 0.15) is 5.69 Å². The van der Waals surface area contributed by atoms with Gasteiger partial charge in [-0.2, -0.15) is 13.8 Å². The average molecular weight is 418 g/mol. The fourth-order valence-corrected chi connectivity index (χ4v) is 2.99. The fraction of sp³-hybridized carbons (Fsp3) is 0.462. The Morgan fingerprint density at radius 2 is 2.07 bits per heavy atom. The third-order valence-electron chi connectivity index (χ3n) is 3.95. The number of halogens is 2. The lowest BCUT2D eigenvalue weighted by atomic mass is 10.2. The van der Waals surface area contributed by atoms with E-state index < -0.39 is 25.2 Å². The van der Waals surface area contributed by atoms with E-state index in [1.807, 2.05) is 0 Å². The average Bonchev–Trinajstić information content (AvgIpc) is 3.18. The molecule has 0 amide bonds. The number of nitrogens with zero attached hydrogens (tertiary/aromatic N) is 6. The lowest BCUT2D eigenvalue weighted by molar-refractivity contribution is 0.0474. The molecule has 0 aliphatic carbocycles. The molecule has 0 fully saturated rings. The molecule has 5 N–H and O–H groups in total. The molecule has 0 aliphatic rings. The summed E-state index contributed by atoms with van der Waals surface area (Å²) >= 11 is 0. The van der Waals surface area contributed by atoms with Crippen LogP contribution in [0.3, 0.4) is 0 Å². The number of nitrogens with one attached hydrogen (secondary N) is 1. The van der Waals surface area contributed by atoms with Crippen molar-refractivity contribution >= 4 is 24.7 Å². The van der Waals surface area contributed by atoms with E-state index >= 15 is 0 Å². The third-order valence-corrected chi connectivity index (χ3v) is 5.03. The van der Waals surface area contributed by atoms with E-state index in [9.17, 15) is 18.1 Å². The second kappa shape index (κ2) is 7.37. The molecule has 0 saturated heterocycles. The molecule has 0 aromatic carbocycles. The van der Waals surface area contributed by atoms with Gasteiger partial charge >= 0.3 is 13.3 Å². The summed E-state index contributed by atoms with van der Waals surface area (Å²) in [5.74, 6) is -0.0463. The fourth-order valence-electron chi connectivity index (χ4n) is 2.54. The summed E-state index contributed by atoms with van der Waals surface area (Å²) in [6.07, 6.45) is 2.23. The van der Waals surface area contributed by atoms with E-state index in [4.69, 9.17) is 15.5 Å². The van der Waals surface area contributed by atoms with Crippen LogP contribution in [0.1, 0.15) is 25.0 Å². The Morgan fingerprint density at radius 3 is 2.79 bits per heavy atom. The maximum Gasteiger partial charge on any atom is 0.394 e. The van der Waals surface area contributed by atoms with E-state index in [-0.39, 0.29) is 43.0 Å². The number of H-pyrrole nitrogens is 1. The Balaban J connectivity index is 1.60. The molecule has 0 unspecified atom stereocenters. The molecule has 3 aromatic rings. The SMILES string of the molecule is Nc1nc2c(ncn2Cc2cn(CCCCC(F)(F)P(=O)(O)O)nn2)c(=O)[nH]1. The molecule has 0 atom stereocenters. The lowest BCUT2D eigenvalue weighted by Gasteiger charge is -2.16. The quantitative estimate of drug-likeness (QED) is 0.295. The number of anilines is 1. The monoisotopic (exact) mass is 418 g/mol. The van der Waals surface area contributed by atoms with Crippen LogP contribution in [0.5, 0.6) is 0 Å². The van der Waals surface area contributed by atoms with Gasteiger partial charge < -0.3 is 20.1 Å². The van der Waals surface area contributed by atoms with Crippen molar-refractivity contribution in [3.63, 3.8) is 0 Å². The van der Waals surface area contributed by atoms with Crippen LogP contribution in [0.25, 0.3) is 11.2 Å². The van der Waals surface area contributed by atoms with Crippen LogP contribution in [0, 0.1) is 0 Å². The van der Waals surface area contributed by atoms with Crippen LogP contribution in [-0.2, 0) is 17.7 Å². The minimum atomic E-state index is -5.45. The van der Waals surface area contributed by atoms with Crippen LogP contribution in [0.2, 0.25) is 0 Å². The van der Waals surface area contributed by atoms with Gasteiger partial charge in [0.25, 0.3) is 5.56 Å². The first kappa shape index (κ1) is 20.0. The molecule has 0 saturated carbocycles. The zero-order chi connectivity index (χ0) is 20.5. The molecule has 0 radical (unpaired) electrons. The summed E-state index contributed by atoms with van der Waals surface area (Å²) in [7, 11) is -5.45. The number of hydrogen-bond acceptors (Lipinski definition) is 7. The maximum atomic E-state index is 13.2. The Morgan fingerprint density at radius 1 is 1.32 bits per heavy atom. The molecule has 3 aromatic heterocycles. The Bertz CT molecular complexity index is 1090. The predicted octanol–water partition coefficient (Wildman–Crippen LogP) is 0.282. The first-order chi connectivity index (χ1) is 13.1. The van der Waals surface area contributed by atoms with Crippen LogP contribution in [-0.4, -0.2) is 50.0 Å². The maximum absolute atomic E-state index is 13.2. The molecule has 152 valence electrons. The second-order valence-electron chi connectivity index (χ2n) is 6.14. The first-order valence-corrected chi connectivity index (χ1v) is 9.71. The molecule has 3 rings (SSSR count). The number of aromatic nitrogens is 7. The standard InChI is InChI=1S/C13H17F2N8O4P/c14-13(15,28(25,26)27)3-1-2-4-23-6-8(20-21-23)5-22-7-17-9-10(22)18-12(16)19-11(9)24/h6-7H,1-5H2,(H2,25,26,27)(H3,16,18,19,24). The topological polar surface area (TPSA) is 178 Å². The Hall–Kier alpha value is -2.70. The number of hydrogen-bond donors (Lipinski definition) is 4. The second-order valence-corrected chi connectivity index (χ2v) is 7.88. The van der Waals surface area contributed by atoms with E-state index in [2.05, 4.69) is 25.3 Å². The van der Waals surface area contributed by atoms with Crippen molar-refractivity contribution in [3.8, 4) is 0 Å². The number of rotatable bonds is 8. The highest BCUT2D eigenvalue weighted by Crippen LogP contribution is 2.55. The molecular weight excluding hydrogens is 401 g/mol. The number of fused-ring (bicyclic) bond motifs is 1. The largest absolute Gasteiger partial charge is 0.394 e. The highest BCUT2D eigenvalue weighted by Gasteiger charge is 2.47. The zero-order valence-corrected chi connectivity index (χ0v) is 15.3. The number of imidazole rings is 1. The molecule has 3 heterocycles. The van der Waals surface area contributed by atoms with Crippen molar-refractivity contribution in [1.29, 1.82) is 0 Å². The Kier molecular flexibility index (Phi) is 5.28. The van der Waals surface area contributed by atoms with Gasteiger partial charge in [0.05, 0.1) is 19.1 Å². The van der Waals surface area contributed by atoms with Gasteiger partial charge in [-0.05, 0) is 12.8 Å². The Labute approximate surface area is 155 Å². The molecule has 15 heteroatoms. The van der Waals surface area contributed by atoms with Gasteiger partial charge in [0.15, 0.2) is 11.2 Å². The smallest absolute Gasteiger partial charge is 0.369 e. The van der Waals surface area contributed by atoms with Gasteiger partial charge in [0, 0.05) is 13.0 Å². The van der Waals surface area contributed by atoms with Crippen LogP contribution in [0.4, 0.5) is 14.7 Å². The van der Waals surface area contributed by atoms with E-state index in [1.54, 1.807) is 10.8 Å². The summed E-state index contributed by atoms with van der Waals surface area (Å²) in [5.41, 5.74) is 1.97. The van der Waals surface area contributed by atoms with Crippen LogP contribution < -0.4 is 11.3 Å². The molecule has 28 heavy (non-hydrogen) atoms. The van der Waals surface area contributed by atoms with Gasteiger partial charge in [-0.3, -0.25) is 19.0 Å². The van der Waals surface area contributed by atoms with Gasteiger partial charge in [0.2, 0.25) is 5.95 Å². The van der Waals surface area contributed by atoms with Gasteiger partial charge in [-0.15, -0.1) is 5.10 Å². The molecular formula is C13H17F2N8O4P. The molecule has 0 spiro atoms. The van der Waals surface area contributed by atoms with Crippen molar-refractivity contribution < 1.29 is 23.1 Å². The number of nitrogens with two attached hydrogens (primary N) is 1. The van der Waals surface area contributed by atoms with E-state index in [0.717, 1.165) is 0 Å². The van der Waals surface area contributed by atoms with Gasteiger partial charge in [-0.25, -0.2) is 4.98 Å². The number of unbranched alkanes of at least 4 members (excludes halogenated alkanes) is 1. The van der Waals surface area contributed by atoms with Crippen molar-refractivity contribution in [1.82, 2.24) is 34.5 Å². The third kappa shape index (κ3) is 4.24. The predicted molar refractivity (Wildman–Crippen MR) is 92.5 cm³/mol. The highest BCUT2D eigenvalue weighted by atomic mass is 31.2. The van der Waals surface area contributed by atoms with Crippen LogP contribution >= 0.6 is 7.60 Å². The van der Waals surface area contributed by atoms with E-state index in [1.165, 1.54) is 11.0 Å². The molecule has 0 bridgehead atoms. The van der Waals surface area contributed by atoms with Crippen LogP contribution in [0.15, 0.2) is 17.3 Å². The summed E-state index contributed by atoms with van der Waals surface area (Å²) in [6, 6.07) is 0. The zero-order valence-electron chi connectivity index (χ0n) is 14.4.